The lowest BCUT2D eigenvalue weighted by Crippen LogP contribution is -2.49. The van der Waals surface area contributed by atoms with E-state index in [0.29, 0.717) is 26.1 Å². The molecule has 0 atom stereocenters. The van der Waals surface area contributed by atoms with Gasteiger partial charge < -0.3 is 15.0 Å². The highest BCUT2D eigenvalue weighted by Crippen LogP contribution is 2.32. The van der Waals surface area contributed by atoms with E-state index in [4.69, 9.17) is 4.74 Å². The number of nitrogens with one attached hydrogen (secondary N) is 1. The highest BCUT2D eigenvalue weighted by atomic mass is 32.1. The summed E-state index contributed by atoms with van der Waals surface area (Å²) in [6.07, 6.45) is 2.36. The summed E-state index contributed by atoms with van der Waals surface area (Å²) in [6.45, 7) is 11.8. The van der Waals surface area contributed by atoms with Gasteiger partial charge in [-0.05, 0) is 32.8 Å². The Balaban J connectivity index is 1.52. The summed E-state index contributed by atoms with van der Waals surface area (Å²) in [5, 5.41) is 3.76. The number of carbonyl (C=O) groups is 1. The number of rotatable bonds is 3. The maximum Gasteiger partial charge on any atom is 0.318 e. The molecule has 2 aliphatic rings. The van der Waals surface area contributed by atoms with Crippen molar-refractivity contribution in [1.29, 1.82) is 0 Å². The van der Waals surface area contributed by atoms with E-state index in [1.54, 1.807) is 10.9 Å². The van der Waals surface area contributed by atoms with Gasteiger partial charge in [-0.2, -0.15) is 0 Å². The molecular weight excluding hydrogens is 390 g/mol. The average molecular weight is 420 g/mol. The summed E-state index contributed by atoms with van der Waals surface area (Å²) >= 11 is 1.53. The Morgan fingerprint density at radius 3 is 2.72 bits per heavy atom. The smallest absolute Gasteiger partial charge is 0.318 e. The van der Waals surface area contributed by atoms with Crippen LogP contribution in [0.3, 0.4) is 0 Å². The number of amides is 2. The van der Waals surface area contributed by atoms with Crippen LogP contribution >= 0.6 is 11.3 Å². The van der Waals surface area contributed by atoms with Crippen LogP contribution in [0, 0.1) is 0 Å². The van der Waals surface area contributed by atoms with Crippen molar-refractivity contribution in [1.82, 2.24) is 24.7 Å². The maximum atomic E-state index is 13.1. The van der Waals surface area contributed by atoms with E-state index < -0.39 is 0 Å². The predicted molar refractivity (Wildman–Crippen MR) is 114 cm³/mol. The van der Waals surface area contributed by atoms with Crippen LogP contribution in [-0.2, 0) is 24.2 Å². The van der Waals surface area contributed by atoms with Crippen molar-refractivity contribution in [2.45, 2.75) is 45.8 Å². The molecule has 1 N–H and O–H groups in total. The second-order valence-electron chi connectivity index (χ2n) is 8.73. The minimum atomic E-state index is -0.271. The number of aromatic nitrogens is 2. The van der Waals surface area contributed by atoms with Gasteiger partial charge in [0.1, 0.15) is 4.83 Å². The Hall–Kier alpha value is -1.97. The quantitative estimate of drug-likeness (QED) is 0.819. The molecule has 1 fully saturated rings. The van der Waals surface area contributed by atoms with Crippen LogP contribution in [0.1, 0.15) is 31.2 Å². The first kappa shape index (κ1) is 20.3. The third-order valence-electron chi connectivity index (χ3n) is 5.36. The van der Waals surface area contributed by atoms with E-state index >= 15 is 0 Å². The summed E-state index contributed by atoms with van der Waals surface area (Å²) in [4.78, 5) is 36.2. The Labute approximate surface area is 174 Å². The molecule has 2 aromatic rings. The molecule has 9 heteroatoms. The van der Waals surface area contributed by atoms with Gasteiger partial charge in [0.25, 0.3) is 5.56 Å². The summed E-state index contributed by atoms with van der Waals surface area (Å²) in [7, 11) is 0. The lowest BCUT2D eigenvalue weighted by Gasteiger charge is -2.31. The number of thiophene rings is 1. The third kappa shape index (κ3) is 4.46. The van der Waals surface area contributed by atoms with E-state index in [9.17, 15) is 9.59 Å². The van der Waals surface area contributed by atoms with E-state index in [0.717, 1.165) is 53.5 Å². The van der Waals surface area contributed by atoms with Crippen molar-refractivity contribution in [2.24, 2.45) is 0 Å². The number of fused-ring (bicyclic) bond motifs is 3. The molecule has 0 bridgehead atoms. The molecule has 0 unspecified atom stereocenters. The fourth-order valence-corrected chi connectivity index (χ4v) is 5.02. The van der Waals surface area contributed by atoms with E-state index in [-0.39, 0.29) is 17.1 Å². The number of hydrogen-bond donors (Lipinski definition) is 1. The first-order valence-electron chi connectivity index (χ1n) is 10.2. The second-order valence-corrected chi connectivity index (χ2v) is 9.82. The minimum Gasteiger partial charge on any atom is -0.379 e. The van der Waals surface area contributed by atoms with Gasteiger partial charge in [0.05, 0.1) is 31.5 Å². The average Bonchev–Trinajstić information content (AvgIpc) is 3.05. The Morgan fingerprint density at radius 2 is 2.00 bits per heavy atom. The number of nitrogens with zero attached hydrogens (tertiary/aromatic N) is 4. The second kappa shape index (κ2) is 8.04. The van der Waals surface area contributed by atoms with Crippen molar-refractivity contribution < 1.29 is 9.53 Å². The molecule has 2 aliphatic heterocycles. The zero-order valence-corrected chi connectivity index (χ0v) is 18.2. The van der Waals surface area contributed by atoms with Crippen molar-refractivity contribution in [3.8, 4) is 0 Å². The first-order chi connectivity index (χ1) is 13.8. The maximum absolute atomic E-state index is 13.1. The van der Waals surface area contributed by atoms with Crippen molar-refractivity contribution in [2.75, 3.05) is 39.4 Å². The third-order valence-corrected chi connectivity index (χ3v) is 6.48. The van der Waals surface area contributed by atoms with Gasteiger partial charge in [0.15, 0.2) is 0 Å². The van der Waals surface area contributed by atoms with Gasteiger partial charge >= 0.3 is 6.03 Å². The monoisotopic (exact) mass is 419 g/mol. The fraction of sp³-hybridized carbons (Fsp3) is 0.650. The van der Waals surface area contributed by atoms with Crippen molar-refractivity contribution in [3.63, 3.8) is 0 Å². The van der Waals surface area contributed by atoms with Crippen LogP contribution in [0.25, 0.3) is 10.2 Å². The molecule has 0 aromatic carbocycles. The molecular formula is C20H29N5O3S. The van der Waals surface area contributed by atoms with Crippen molar-refractivity contribution in [3.05, 3.63) is 27.1 Å². The van der Waals surface area contributed by atoms with Gasteiger partial charge in [-0.15, -0.1) is 11.3 Å². The topological polar surface area (TPSA) is 79.7 Å². The fourth-order valence-electron chi connectivity index (χ4n) is 3.83. The number of urea groups is 1. The number of ether oxygens (including phenoxy) is 1. The van der Waals surface area contributed by atoms with Crippen LogP contribution in [0.5, 0.6) is 0 Å². The van der Waals surface area contributed by atoms with Gasteiger partial charge in [0, 0.05) is 43.1 Å². The van der Waals surface area contributed by atoms with Crippen LogP contribution in [0.2, 0.25) is 0 Å². The van der Waals surface area contributed by atoms with Crippen LogP contribution in [0.4, 0.5) is 4.79 Å². The molecule has 0 saturated carbocycles. The highest BCUT2D eigenvalue weighted by Gasteiger charge is 2.28. The van der Waals surface area contributed by atoms with Gasteiger partial charge in [-0.1, -0.05) is 0 Å². The standard InChI is InChI=1S/C20H29N5O3S/c1-20(2,3)22-19(27)24-5-4-14-15(12-24)29-17-16(14)18(26)25(13-21-17)7-6-23-8-10-28-11-9-23/h13H,4-12H2,1-3H3,(H,22,27). The minimum absolute atomic E-state index is 0.0355. The molecule has 29 heavy (non-hydrogen) atoms. The highest BCUT2D eigenvalue weighted by molar-refractivity contribution is 7.18. The molecule has 2 amide bonds. The normalized spacial score (nSPS) is 18.1. The molecule has 0 spiro atoms. The molecule has 158 valence electrons. The predicted octanol–water partition coefficient (Wildman–Crippen LogP) is 1.66. The molecule has 8 nitrogen and oxygen atoms in total. The zero-order valence-electron chi connectivity index (χ0n) is 17.4. The van der Waals surface area contributed by atoms with Crippen LogP contribution in [0.15, 0.2) is 11.1 Å². The number of morpholine rings is 1. The Morgan fingerprint density at radius 1 is 1.24 bits per heavy atom. The van der Waals surface area contributed by atoms with Crippen LogP contribution < -0.4 is 10.9 Å². The molecule has 4 heterocycles. The van der Waals surface area contributed by atoms with E-state index in [1.807, 2.05) is 25.7 Å². The van der Waals surface area contributed by atoms with Crippen LogP contribution in [-0.4, -0.2) is 70.3 Å². The molecule has 1 saturated heterocycles. The number of hydrogen-bond acceptors (Lipinski definition) is 6. The van der Waals surface area contributed by atoms with Gasteiger partial charge in [-0.25, -0.2) is 9.78 Å². The molecule has 0 radical (unpaired) electrons. The Bertz CT molecular complexity index is 955. The summed E-state index contributed by atoms with van der Waals surface area (Å²) < 4.78 is 7.11. The SMILES string of the molecule is CC(C)(C)NC(=O)N1CCc2c(sc3ncn(CCN4CCOCC4)c(=O)c23)C1. The number of carbonyl (C=O) groups excluding carboxylic acids is 1. The van der Waals surface area contributed by atoms with E-state index in [2.05, 4.69) is 15.2 Å². The molecule has 2 aromatic heterocycles. The van der Waals surface area contributed by atoms with Gasteiger partial charge in [-0.3, -0.25) is 14.3 Å². The summed E-state index contributed by atoms with van der Waals surface area (Å²) in [6, 6.07) is -0.0588. The van der Waals surface area contributed by atoms with E-state index in [1.165, 1.54) is 11.3 Å². The zero-order chi connectivity index (χ0) is 20.6. The largest absolute Gasteiger partial charge is 0.379 e. The summed E-state index contributed by atoms with van der Waals surface area (Å²) in [5.74, 6) is 0. The lowest BCUT2D eigenvalue weighted by molar-refractivity contribution is 0.0362. The molecule has 4 rings (SSSR count). The molecule has 0 aliphatic carbocycles. The first-order valence-corrected chi connectivity index (χ1v) is 11.0. The van der Waals surface area contributed by atoms with Gasteiger partial charge in [0.2, 0.25) is 0 Å². The Kier molecular flexibility index (Phi) is 5.63. The van der Waals surface area contributed by atoms with Crippen molar-refractivity contribution >= 4 is 27.6 Å². The lowest BCUT2D eigenvalue weighted by atomic mass is 10.1. The summed E-state index contributed by atoms with van der Waals surface area (Å²) in [5.41, 5.74) is 0.837.